The molecule has 3 heterocycles. The maximum Gasteiger partial charge on any atom is 0.103 e. The molecule has 0 radical (unpaired) electrons. The normalized spacial score (nSPS) is 23.6. The van der Waals surface area contributed by atoms with E-state index in [-0.39, 0.29) is 5.54 Å². The topological polar surface area (TPSA) is 53.9 Å². The lowest BCUT2D eigenvalue weighted by Crippen LogP contribution is -2.45. The lowest BCUT2D eigenvalue weighted by molar-refractivity contribution is 0.305. The van der Waals surface area contributed by atoms with Gasteiger partial charge in [-0.3, -0.25) is 0 Å². The first kappa shape index (κ1) is 10.6. The number of aromatic amines is 1. The van der Waals surface area contributed by atoms with Gasteiger partial charge in [0.05, 0.1) is 23.8 Å². The third kappa shape index (κ3) is 1.89. The van der Waals surface area contributed by atoms with Gasteiger partial charge in [0, 0.05) is 25.1 Å². The van der Waals surface area contributed by atoms with E-state index in [1.807, 2.05) is 12.1 Å². The van der Waals surface area contributed by atoms with Crippen molar-refractivity contribution in [2.24, 2.45) is 0 Å². The van der Waals surface area contributed by atoms with Crippen molar-refractivity contribution in [1.29, 1.82) is 0 Å². The number of nitrogens with one attached hydrogen (secondary N) is 2. The van der Waals surface area contributed by atoms with Crippen LogP contribution in [0.15, 0.2) is 29.1 Å². The molecule has 0 saturated heterocycles. The van der Waals surface area contributed by atoms with E-state index >= 15 is 0 Å². The van der Waals surface area contributed by atoms with Gasteiger partial charge in [0.2, 0.25) is 0 Å². The fourth-order valence-electron chi connectivity index (χ4n) is 2.57. The molecule has 0 amide bonds. The number of aromatic nitrogens is 2. The highest BCUT2D eigenvalue weighted by Gasteiger charge is 2.33. The first-order valence-electron chi connectivity index (χ1n) is 6.08. The largest absolute Gasteiger partial charge is 0.469 e. The molecule has 0 spiro atoms. The number of fused-ring (bicyclic) bond motifs is 1. The smallest absolute Gasteiger partial charge is 0.103 e. The van der Waals surface area contributed by atoms with Crippen LogP contribution in [0.2, 0.25) is 0 Å². The molecular formula is C13H17N3O. The Bertz CT molecular complexity index is 488. The fourth-order valence-corrected chi connectivity index (χ4v) is 2.57. The summed E-state index contributed by atoms with van der Waals surface area (Å²) >= 11 is 0. The molecule has 1 aliphatic heterocycles. The number of rotatable bonds is 3. The van der Waals surface area contributed by atoms with Crippen molar-refractivity contribution in [1.82, 2.24) is 15.3 Å². The summed E-state index contributed by atoms with van der Waals surface area (Å²) in [4.78, 5) is 7.69. The first-order valence-corrected chi connectivity index (χ1v) is 6.08. The minimum atomic E-state index is -0.0413. The molecule has 0 bridgehead atoms. The van der Waals surface area contributed by atoms with Crippen molar-refractivity contribution < 1.29 is 4.42 Å². The fraction of sp³-hybridized carbons (Fsp3) is 0.462. The van der Waals surface area contributed by atoms with Gasteiger partial charge in [-0.1, -0.05) is 0 Å². The molecular weight excluding hydrogens is 214 g/mol. The molecule has 2 aromatic rings. The molecule has 4 heteroatoms. The third-order valence-electron chi connectivity index (χ3n) is 3.58. The second kappa shape index (κ2) is 4.04. The number of nitrogens with zero attached hydrogens (tertiary/aromatic N) is 1. The van der Waals surface area contributed by atoms with Crippen LogP contribution in [0.3, 0.4) is 0 Å². The van der Waals surface area contributed by atoms with Crippen molar-refractivity contribution >= 4 is 0 Å². The summed E-state index contributed by atoms with van der Waals surface area (Å²) in [6.45, 7) is 3.22. The van der Waals surface area contributed by atoms with E-state index in [1.54, 1.807) is 12.6 Å². The van der Waals surface area contributed by atoms with Crippen LogP contribution in [0, 0.1) is 0 Å². The molecule has 1 aliphatic rings. The van der Waals surface area contributed by atoms with E-state index in [0.717, 1.165) is 37.3 Å². The van der Waals surface area contributed by atoms with Gasteiger partial charge in [0.25, 0.3) is 0 Å². The highest BCUT2D eigenvalue weighted by atomic mass is 16.3. The SMILES string of the molecule is CC1(CCc2ccco2)NCCc2[nH]cnc21. The molecule has 90 valence electrons. The number of H-pyrrole nitrogens is 1. The second-order valence-corrected chi connectivity index (χ2v) is 4.82. The Labute approximate surface area is 100 Å². The Kier molecular flexibility index (Phi) is 2.52. The van der Waals surface area contributed by atoms with Crippen LogP contribution in [0.5, 0.6) is 0 Å². The molecule has 1 atom stereocenters. The van der Waals surface area contributed by atoms with Crippen molar-refractivity contribution in [3.8, 4) is 0 Å². The highest BCUT2D eigenvalue weighted by Crippen LogP contribution is 2.30. The number of imidazole rings is 1. The lowest BCUT2D eigenvalue weighted by Gasteiger charge is -2.34. The van der Waals surface area contributed by atoms with Crippen LogP contribution in [-0.4, -0.2) is 16.5 Å². The quantitative estimate of drug-likeness (QED) is 0.849. The predicted octanol–water partition coefficient (Wildman–Crippen LogP) is 2.00. The van der Waals surface area contributed by atoms with E-state index in [1.165, 1.54) is 5.69 Å². The van der Waals surface area contributed by atoms with Crippen molar-refractivity contribution in [2.75, 3.05) is 6.54 Å². The summed E-state index contributed by atoms with van der Waals surface area (Å²) in [6, 6.07) is 3.96. The molecule has 1 unspecified atom stereocenters. The van der Waals surface area contributed by atoms with Gasteiger partial charge in [0.15, 0.2) is 0 Å². The van der Waals surface area contributed by atoms with Gasteiger partial charge < -0.3 is 14.7 Å². The van der Waals surface area contributed by atoms with Gasteiger partial charge in [-0.2, -0.15) is 0 Å². The zero-order chi connectivity index (χ0) is 11.7. The number of aryl methyl sites for hydroxylation is 1. The molecule has 0 aromatic carbocycles. The summed E-state index contributed by atoms with van der Waals surface area (Å²) < 4.78 is 5.38. The van der Waals surface area contributed by atoms with Crippen LogP contribution < -0.4 is 5.32 Å². The summed E-state index contributed by atoms with van der Waals surface area (Å²) in [5, 5.41) is 3.58. The summed E-state index contributed by atoms with van der Waals surface area (Å²) in [6.07, 6.45) is 6.49. The summed E-state index contributed by atoms with van der Waals surface area (Å²) in [5.41, 5.74) is 2.39. The maximum atomic E-state index is 5.38. The van der Waals surface area contributed by atoms with Crippen LogP contribution in [-0.2, 0) is 18.4 Å². The van der Waals surface area contributed by atoms with E-state index < -0.39 is 0 Å². The Morgan fingerprint density at radius 1 is 1.53 bits per heavy atom. The molecule has 0 aliphatic carbocycles. The van der Waals surface area contributed by atoms with Gasteiger partial charge in [-0.25, -0.2) is 4.98 Å². The molecule has 2 aromatic heterocycles. The van der Waals surface area contributed by atoms with Crippen LogP contribution in [0.1, 0.15) is 30.5 Å². The standard InChI is InChI=1S/C13H17N3O/c1-13(6-4-10-3-2-8-17-10)12-11(5-7-16-13)14-9-15-12/h2-3,8-9,16H,4-7H2,1H3,(H,14,15). The van der Waals surface area contributed by atoms with Gasteiger partial charge in [-0.05, 0) is 25.5 Å². The van der Waals surface area contributed by atoms with E-state index in [2.05, 4.69) is 22.2 Å². The molecule has 3 rings (SSSR count). The van der Waals surface area contributed by atoms with Crippen LogP contribution in [0.25, 0.3) is 0 Å². The third-order valence-corrected chi connectivity index (χ3v) is 3.58. The van der Waals surface area contributed by atoms with Crippen molar-refractivity contribution in [3.63, 3.8) is 0 Å². The average molecular weight is 231 g/mol. The zero-order valence-electron chi connectivity index (χ0n) is 9.99. The van der Waals surface area contributed by atoms with Crippen LogP contribution >= 0.6 is 0 Å². The first-order chi connectivity index (χ1) is 8.28. The summed E-state index contributed by atoms with van der Waals surface area (Å²) in [5.74, 6) is 1.04. The van der Waals surface area contributed by atoms with Crippen LogP contribution in [0.4, 0.5) is 0 Å². The van der Waals surface area contributed by atoms with E-state index in [4.69, 9.17) is 4.42 Å². The Balaban J connectivity index is 1.78. The van der Waals surface area contributed by atoms with E-state index in [0.29, 0.717) is 0 Å². The average Bonchev–Trinajstić information content (AvgIpc) is 2.98. The molecule has 0 saturated carbocycles. The molecule has 17 heavy (non-hydrogen) atoms. The predicted molar refractivity (Wildman–Crippen MR) is 64.7 cm³/mol. The summed E-state index contributed by atoms with van der Waals surface area (Å²) in [7, 11) is 0. The lowest BCUT2D eigenvalue weighted by atomic mass is 9.86. The Morgan fingerprint density at radius 2 is 2.47 bits per heavy atom. The van der Waals surface area contributed by atoms with Gasteiger partial charge in [0.1, 0.15) is 5.76 Å². The number of hydrogen-bond donors (Lipinski definition) is 2. The Hall–Kier alpha value is -1.55. The molecule has 2 N–H and O–H groups in total. The molecule has 0 fully saturated rings. The zero-order valence-corrected chi connectivity index (χ0v) is 9.99. The van der Waals surface area contributed by atoms with Gasteiger partial charge >= 0.3 is 0 Å². The minimum absolute atomic E-state index is 0.0413. The molecule has 4 nitrogen and oxygen atoms in total. The van der Waals surface area contributed by atoms with Gasteiger partial charge in [-0.15, -0.1) is 0 Å². The van der Waals surface area contributed by atoms with Crippen molar-refractivity contribution in [2.45, 2.75) is 31.7 Å². The highest BCUT2D eigenvalue weighted by molar-refractivity contribution is 5.24. The minimum Gasteiger partial charge on any atom is -0.469 e. The number of furan rings is 1. The van der Waals surface area contributed by atoms with E-state index in [9.17, 15) is 0 Å². The second-order valence-electron chi connectivity index (χ2n) is 4.82. The Morgan fingerprint density at radius 3 is 3.29 bits per heavy atom. The maximum absolute atomic E-state index is 5.38. The number of hydrogen-bond acceptors (Lipinski definition) is 3. The monoisotopic (exact) mass is 231 g/mol. The van der Waals surface area contributed by atoms with Crippen molar-refractivity contribution in [3.05, 3.63) is 41.9 Å².